The number of amides is 1. The fourth-order valence-corrected chi connectivity index (χ4v) is 3.29. The number of aryl methyl sites for hydroxylation is 2. The molecule has 1 N–H and O–H groups in total. The van der Waals surface area contributed by atoms with Crippen LogP contribution in [0.5, 0.6) is 0 Å². The highest BCUT2D eigenvalue weighted by molar-refractivity contribution is 6.02. The molecule has 0 aliphatic heterocycles. The fraction of sp³-hybridized carbons (Fsp3) is 0.381. The summed E-state index contributed by atoms with van der Waals surface area (Å²) in [5.74, 6) is 0.482. The number of rotatable bonds is 5. The summed E-state index contributed by atoms with van der Waals surface area (Å²) < 4.78 is 2.01. The van der Waals surface area contributed by atoms with Gasteiger partial charge in [0.1, 0.15) is 0 Å². The van der Waals surface area contributed by atoms with Crippen LogP contribution in [0.15, 0.2) is 30.5 Å². The molecule has 1 amide bonds. The van der Waals surface area contributed by atoms with Crippen molar-refractivity contribution >= 4 is 22.5 Å². The van der Waals surface area contributed by atoms with E-state index in [1.807, 2.05) is 49.7 Å². The van der Waals surface area contributed by atoms with Crippen LogP contribution in [0.3, 0.4) is 0 Å². The molecule has 1 aromatic carbocycles. The number of fused-ring (bicyclic) bond motifs is 1. The average molecular weight is 350 g/mol. The number of aromatic nitrogens is 3. The van der Waals surface area contributed by atoms with Crippen LogP contribution in [0.1, 0.15) is 36.4 Å². The summed E-state index contributed by atoms with van der Waals surface area (Å²) in [5, 5.41) is 8.61. The Hall–Kier alpha value is -2.69. The molecule has 0 aliphatic rings. The van der Waals surface area contributed by atoms with Crippen LogP contribution in [0.4, 0.5) is 5.69 Å². The third kappa shape index (κ3) is 3.62. The minimum Gasteiger partial charge on any atom is -0.325 e. The number of hydrogen-bond donors (Lipinski definition) is 1. The first-order valence-electron chi connectivity index (χ1n) is 9.04. The van der Waals surface area contributed by atoms with E-state index in [1.54, 1.807) is 6.20 Å². The van der Waals surface area contributed by atoms with Gasteiger partial charge in [0.2, 0.25) is 5.91 Å². The van der Waals surface area contributed by atoms with Gasteiger partial charge in [-0.1, -0.05) is 19.9 Å². The molecular weight excluding hydrogens is 324 g/mol. The van der Waals surface area contributed by atoms with E-state index in [-0.39, 0.29) is 5.91 Å². The third-order valence-electron chi connectivity index (χ3n) is 4.65. The van der Waals surface area contributed by atoms with Crippen molar-refractivity contribution in [3.63, 3.8) is 0 Å². The molecule has 0 unspecified atom stereocenters. The highest BCUT2D eigenvalue weighted by atomic mass is 16.1. The van der Waals surface area contributed by atoms with Crippen LogP contribution in [0.25, 0.3) is 10.9 Å². The zero-order valence-electron chi connectivity index (χ0n) is 16.1. The van der Waals surface area contributed by atoms with Crippen LogP contribution >= 0.6 is 0 Å². The molecular formula is C21H26N4O. The number of pyridine rings is 1. The van der Waals surface area contributed by atoms with E-state index in [2.05, 4.69) is 29.2 Å². The van der Waals surface area contributed by atoms with E-state index >= 15 is 0 Å². The summed E-state index contributed by atoms with van der Waals surface area (Å²) in [4.78, 5) is 17.1. The molecule has 136 valence electrons. The van der Waals surface area contributed by atoms with Crippen LogP contribution in [0, 0.1) is 26.7 Å². The van der Waals surface area contributed by atoms with E-state index in [0.29, 0.717) is 12.3 Å². The minimum absolute atomic E-state index is 0.0331. The molecule has 0 aliphatic carbocycles. The zero-order chi connectivity index (χ0) is 18.8. The Kier molecular flexibility index (Phi) is 5.07. The first kappa shape index (κ1) is 18.1. The Morgan fingerprint density at radius 1 is 1.19 bits per heavy atom. The van der Waals surface area contributed by atoms with E-state index < -0.39 is 0 Å². The highest BCUT2D eigenvalue weighted by Gasteiger charge is 2.16. The summed E-state index contributed by atoms with van der Waals surface area (Å²) in [6, 6.07) is 7.81. The quantitative estimate of drug-likeness (QED) is 0.750. The molecule has 0 saturated heterocycles. The summed E-state index contributed by atoms with van der Waals surface area (Å²) >= 11 is 0. The van der Waals surface area contributed by atoms with Crippen LogP contribution in [-0.2, 0) is 17.8 Å². The number of nitrogens with one attached hydrogen (secondary N) is 1. The molecule has 0 saturated carbocycles. The van der Waals surface area contributed by atoms with Gasteiger partial charge in [0, 0.05) is 29.4 Å². The number of benzene rings is 1. The molecule has 5 heteroatoms. The minimum atomic E-state index is -0.0331. The van der Waals surface area contributed by atoms with Crippen molar-refractivity contribution < 1.29 is 4.79 Å². The maximum Gasteiger partial charge on any atom is 0.228 e. The normalized spacial score (nSPS) is 11.3. The fourth-order valence-electron chi connectivity index (χ4n) is 3.29. The Morgan fingerprint density at radius 3 is 2.69 bits per heavy atom. The van der Waals surface area contributed by atoms with E-state index in [1.165, 1.54) is 0 Å². The number of carbonyl (C=O) groups is 1. The molecule has 26 heavy (non-hydrogen) atoms. The molecule has 3 rings (SSSR count). The van der Waals surface area contributed by atoms with Crippen molar-refractivity contribution in [3.05, 3.63) is 53.0 Å². The maximum atomic E-state index is 12.7. The van der Waals surface area contributed by atoms with Crippen LogP contribution < -0.4 is 5.32 Å². The van der Waals surface area contributed by atoms with Gasteiger partial charge in [-0.2, -0.15) is 5.10 Å². The Bertz CT molecular complexity index is 956. The largest absolute Gasteiger partial charge is 0.325 e. The molecule has 0 spiro atoms. The third-order valence-corrected chi connectivity index (χ3v) is 4.65. The monoisotopic (exact) mass is 350 g/mol. The number of hydrogen-bond acceptors (Lipinski definition) is 3. The molecule has 0 radical (unpaired) electrons. The predicted octanol–water partition coefficient (Wildman–Crippen LogP) is 4.19. The van der Waals surface area contributed by atoms with Gasteiger partial charge in [0.25, 0.3) is 0 Å². The molecule has 2 aromatic heterocycles. The molecule has 0 fully saturated rings. The standard InChI is InChI=1S/C21H26N4O/c1-13(2)12-25-16(5)18(15(4)24-25)11-20(26)23-19-9-8-14(3)21-17(19)7-6-10-22-21/h6-10,13H,11-12H2,1-5H3,(H,23,26). The lowest BCUT2D eigenvalue weighted by molar-refractivity contribution is -0.115. The molecule has 2 heterocycles. The van der Waals surface area contributed by atoms with Gasteiger partial charge in [-0.25, -0.2) is 0 Å². The lowest BCUT2D eigenvalue weighted by Gasteiger charge is -2.11. The van der Waals surface area contributed by atoms with Gasteiger partial charge in [-0.3, -0.25) is 14.5 Å². The lowest BCUT2D eigenvalue weighted by Crippen LogP contribution is -2.16. The van der Waals surface area contributed by atoms with Gasteiger partial charge in [0.15, 0.2) is 0 Å². The van der Waals surface area contributed by atoms with Crippen LogP contribution in [0.2, 0.25) is 0 Å². The predicted molar refractivity (Wildman–Crippen MR) is 105 cm³/mol. The summed E-state index contributed by atoms with van der Waals surface area (Å²) in [6.07, 6.45) is 2.10. The summed E-state index contributed by atoms with van der Waals surface area (Å²) in [5.41, 5.74) is 5.82. The first-order chi connectivity index (χ1) is 12.4. The number of nitrogens with zero attached hydrogens (tertiary/aromatic N) is 3. The summed E-state index contributed by atoms with van der Waals surface area (Å²) in [6.45, 7) is 11.2. The second-order valence-corrected chi connectivity index (χ2v) is 7.28. The second kappa shape index (κ2) is 7.28. The SMILES string of the molecule is Cc1nn(CC(C)C)c(C)c1CC(=O)Nc1ccc(C)c2ncccc12. The van der Waals surface area contributed by atoms with Gasteiger partial charge < -0.3 is 5.32 Å². The van der Waals surface area contributed by atoms with Gasteiger partial charge in [0.05, 0.1) is 23.3 Å². The van der Waals surface area contributed by atoms with Crippen molar-refractivity contribution in [3.8, 4) is 0 Å². The van der Waals surface area contributed by atoms with Crippen molar-refractivity contribution in [2.75, 3.05) is 5.32 Å². The maximum absolute atomic E-state index is 12.7. The number of anilines is 1. The molecule has 3 aromatic rings. The topological polar surface area (TPSA) is 59.8 Å². The molecule has 0 bridgehead atoms. The smallest absolute Gasteiger partial charge is 0.228 e. The van der Waals surface area contributed by atoms with E-state index in [4.69, 9.17) is 0 Å². The highest BCUT2D eigenvalue weighted by Crippen LogP contribution is 2.25. The first-order valence-corrected chi connectivity index (χ1v) is 9.04. The Morgan fingerprint density at radius 2 is 1.96 bits per heavy atom. The average Bonchev–Trinajstić information content (AvgIpc) is 2.84. The lowest BCUT2D eigenvalue weighted by atomic mass is 10.1. The van der Waals surface area contributed by atoms with Gasteiger partial charge in [-0.15, -0.1) is 0 Å². The van der Waals surface area contributed by atoms with E-state index in [9.17, 15) is 4.79 Å². The molecule has 5 nitrogen and oxygen atoms in total. The van der Waals surface area contributed by atoms with Crippen molar-refractivity contribution in [1.82, 2.24) is 14.8 Å². The van der Waals surface area contributed by atoms with Crippen LogP contribution in [-0.4, -0.2) is 20.7 Å². The molecule has 0 atom stereocenters. The Balaban J connectivity index is 1.82. The van der Waals surface area contributed by atoms with Gasteiger partial charge in [-0.05, 0) is 50.5 Å². The summed E-state index contributed by atoms with van der Waals surface area (Å²) in [7, 11) is 0. The van der Waals surface area contributed by atoms with Gasteiger partial charge >= 0.3 is 0 Å². The van der Waals surface area contributed by atoms with Crippen molar-refractivity contribution in [1.29, 1.82) is 0 Å². The van der Waals surface area contributed by atoms with Crippen molar-refractivity contribution in [2.45, 2.75) is 47.6 Å². The Labute approximate surface area is 154 Å². The zero-order valence-corrected chi connectivity index (χ0v) is 16.1. The number of carbonyl (C=O) groups excluding carboxylic acids is 1. The second-order valence-electron chi connectivity index (χ2n) is 7.28. The van der Waals surface area contributed by atoms with E-state index in [0.717, 1.165) is 45.6 Å². The van der Waals surface area contributed by atoms with Crippen molar-refractivity contribution in [2.24, 2.45) is 5.92 Å².